The lowest BCUT2D eigenvalue weighted by Gasteiger charge is -2.34. The van der Waals surface area contributed by atoms with Crippen molar-refractivity contribution in [1.29, 1.82) is 0 Å². The molecule has 4 aromatic carbocycles. The normalized spacial score (nSPS) is 12.3. The minimum Gasteiger partial charge on any atom is -0.354 e. The third-order valence-corrected chi connectivity index (χ3v) is 9.85. The van der Waals surface area contributed by atoms with Gasteiger partial charge in [-0.2, -0.15) is 13.2 Å². The zero-order chi connectivity index (χ0) is 34.9. The van der Waals surface area contributed by atoms with Crippen molar-refractivity contribution in [1.82, 2.24) is 10.2 Å². The van der Waals surface area contributed by atoms with E-state index in [1.807, 2.05) is 44.2 Å². The number of hydrogen-bond acceptors (Lipinski definition) is 4. The number of amides is 2. The van der Waals surface area contributed by atoms with Crippen molar-refractivity contribution >= 4 is 39.1 Å². The summed E-state index contributed by atoms with van der Waals surface area (Å²) in [5.74, 6) is -1.22. The SMILES string of the molecule is CCCCNC(=O)C(Cc1ccccc1)N(Cc1ccc(C)cc1)C(=O)CN(c1ccc(Cl)c(C(F)(F)F)c1)S(=O)(=O)c1ccccc1. The van der Waals surface area contributed by atoms with Gasteiger partial charge in [0, 0.05) is 19.5 Å². The van der Waals surface area contributed by atoms with E-state index in [1.165, 1.54) is 29.2 Å². The van der Waals surface area contributed by atoms with Crippen molar-refractivity contribution in [2.75, 3.05) is 17.4 Å². The van der Waals surface area contributed by atoms with Crippen LogP contribution in [0.15, 0.2) is 108 Å². The van der Waals surface area contributed by atoms with E-state index in [-0.39, 0.29) is 17.9 Å². The van der Waals surface area contributed by atoms with Gasteiger partial charge in [-0.3, -0.25) is 13.9 Å². The van der Waals surface area contributed by atoms with Gasteiger partial charge < -0.3 is 10.2 Å². The Morgan fingerprint density at radius 1 is 0.875 bits per heavy atom. The topological polar surface area (TPSA) is 86.8 Å². The smallest absolute Gasteiger partial charge is 0.354 e. The molecule has 0 radical (unpaired) electrons. The van der Waals surface area contributed by atoms with E-state index in [9.17, 15) is 31.2 Å². The molecule has 0 aliphatic rings. The monoisotopic (exact) mass is 699 g/mol. The van der Waals surface area contributed by atoms with Crippen LogP contribution in [0.4, 0.5) is 18.9 Å². The number of carbonyl (C=O) groups is 2. The predicted octanol–water partition coefficient (Wildman–Crippen LogP) is 7.42. The molecule has 0 fully saturated rings. The van der Waals surface area contributed by atoms with Gasteiger partial charge in [0.15, 0.2) is 0 Å². The number of carbonyl (C=O) groups excluding carboxylic acids is 2. The molecule has 0 aliphatic heterocycles. The molecule has 0 aliphatic carbocycles. The predicted molar refractivity (Wildman–Crippen MR) is 181 cm³/mol. The fraction of sp³-hybridized carbons (Fsp3) is 0.278. The van der Waals surface area contributed by atoms with Gasteiger partial charge in [0.1, 0.15) is 12.6 Å². The summed E-state index contributed by atoms with van der Waals surface area (Å²) in [6, 6.07) is 25.1. The van der Waals surface area contributed by atoms with Crippen molar-refractivity contribution < 1.29 is 31.2 Å². The first-order valence-electron chi connectivity index (χ1n) is 15.4. The van der Waals surface area contributed by atoms with Gasteiger partial charge in [0.05, 0.1) is 21.2 Å². The molecule has 254 valence electrons. The Kier molecular flexibility index (Phi) is 12.3. The van der Waals surface area contributed by atoms with Crippen LogP contribution in [0.25, 0.3) is 0 Å². The molecule has 0 saturated carbocycles. The quantitative estimate of drug-likeness (QED) is 0.139. The lowest BCUT2D eigenvalue weighted by atomic mass is 10.0. The van der Waals surface area contributed by atoms with E-state index in [1.54, 1.807) is 30.3 Å². The summed E-state index contributed by atoms with van der Waals surface area (Å²) in [4.78, 5) is 29.4. The number of anilines is 1. The van der Waals surface area contributed by atoms with E-state index in [4.69, 9.17) is 11.6 Å². The van der Waals surface area contributed by atoms with Crippen molar-refractivity contribution in [3.8, 4) is 0 Å². The fourth-order valence-corrected chi connectivity index (χ4v) is 6.74. The summed E-state index contributed by atoms with van der Waals surface area (Å²) in [5.41, 5.74) is 0.744. The molecule has 4 rings (SSSR count). The minimum atomic E-state index is -4.89. The van der Waals surface area contributed by atoms with Crippen LogP contribution in [0.2, 0.25) is 5.02 Å². The van der Waals surface area contributed by atoms with Crippen molar-refractivity contribution in [2.45, 2.75) is 56.8 Å². The average Bonchev–Trinajstić information content (AvgIpc) is 3.06. The molecule has 1 N–H and O–H groups in total. The van der Waals surface area contributed by atoms with Gasteiger partial charge >= 0.3 is 6.18 Å². The summed E-state index contributed by atoms with van der Waals surface area (Å²) in [5, 5.41) is 2.28. The number of nitrogens with zero attached hydrogens (tertiary/aromatic N) is 2. The molecular weight excluding hydrogens is 663 g/mol. The maximum Gasteiger partial charge on any atom is 0.417 e. The van der Waals surface area contributed by atoms with E-state index in [2.05, 4.69) is 5.32 Å². The van der Waals surface area contributed by atoms with Gasteiger partial charge in [-0.25, -0.2) is 8.42 Å². The van der Waals surface area contributed by atoms with Crippen molar-refractivity contribution in [3.63, 3.8) is 0 Å². The van der Waals surface area contributed by atoms with E-state index >= 15 is 0 Å². The number of aryl methyl sites for hydroxylation is 1. The van der Waals surface area contributed by atoms with Crippen LogP contribution in [-0.4, -0.2) is 44.3 Å². The zero-order valence-corrected chi connectivity index (χ0v) is 28.2. The number of nitrogens with one attached hydrogen (secondary N) is 1. The molecule has 4 aromatic rings. The van der Waals surface area contributed by atoms with Crippen LogP contribution >= 0.6 is 11.6 Å². The summed E-state index contributed by atoms with van der Waals surface area (Å²) in [7, 11) is -4.58. The molecule has 1 atom stereocenters. The Morgan fingerprint density at radius 2 is 1.50 bits per heavy atom. The molecule has 0 aromatic heterocycles. The first-order valence-corrected chi connectivity index (χ1v) is 17.2. The highest BCUT2D eigenvalue weighted by molar-refractivity contribution is 7.92. The van der Waals surface area contributed by atoms with Crippen LogP contribution in [0.3, 0.4) is 0 Å². The maximum atomic E-state index is 14.5. The Hall–Kier alpha value is -4.35. The lowest BCUT2D eigenvalue weighted by molar-refractivity contribution is -0.140. The van der Waals surface area contributed by atoms with Crippen LogP contribution in [0.5, 0.6) is 0 Å². The van der Waals surface area contributed by atoms with Crippen LogP contribution < -0.4 is 9.62 Å². The minimum absolute atomic E-state index is 0.0640. The fourth-order valence-electron chi connectivity index (χ4n) is 5.08. The second kappa shape index (κ2) is 16.2. The molecule has 2 amide bonds. The Balaban J connectivity index is 1.84. The van der Waals surface area contributed by atoms with E-state index < -0.39 is 56.9 Å². The standard InChI is InChI=1S/C36H37ClF3N3O4S/c1-3-4-21-41-35(45)33(22-27-11-7-5-8-12-27)42(24-28-17-15-26(2)16-18-28)34(44)25-43(48(46,47)30-13-9-6-10-14-30)29-19-20-32(37)31(23-29)36(38,39)40/h5-20,23,33H,3-4,21-22,24-25H2,1-2H3,(H,41,45). The van der Waals surface area contributed by atoms with Crippen molar-refractivity contribution in [2.24, 2.45) is 0 Å². The second-order valence-electron chi connectivity index (χ2n) is 11.3. The molecule has 0 spiro atoms. The lowest BCUT2D eigenvalue weighted by Crippen LogP contribution is -2.53. The molecule has 7 nitrogen and oxygen atoms in total. The van der Waals surface area contributed by atoms with Gasteiger partial charge in [-0.1, -0.05) is 103 Å². The largest absolute Gasteiger partial charge is 0.417 e. The second-order valence-corrected chi connectivity index (χ2v) is 13.6. The number of halogens is 4. The van der Waals surface area contributed by atoms with E-state index in [0.29, 0.717) is 28.9 Å². The third-order valence-electron chi connectivity index (χ3n) is 7.73. The Morgan fingerprint density at radius 3 is 2.10 bits per heavy atom. The number of unbranched alkanes of at least 4 members (excludes halogenated alkanes) is 1. The van der Waals surface area contributed by atoms with Gasteiger partial charge in [-0.15, -0.1) is 0 Å². The number of sulfonamides is 1. The third kappa shape index (κ3) is 9.38. The molecule has 0 saturated heterocycles. The summed E-state index contributed by atoms with van der Waals surface area (Å²) >= 11 is 5.87. The highest BCUT2D eigenvalue weighted by Crippen LogP contribution is 2.38. The van der Waals surface area contributed by atoms with Crippen LogP contribution in [0, 0.1) is 6.92 Å². The van der Waals surface area contributed by atoms with Crippen LogP contribution in [0.1, 0.15) is 42.0 Å². The number of benzene rings is 4. The Labute approximate surface area is 284 Å². The van der Waals surface area contributed by atoms with Gasteiger partial charge in [0.25, 0.3) is 10.0 Å². The number of hydrogen-bond donors (Lipinski definition) is 1. The Bertz CT molecular complexity index is 1790. The molecule has 0 heterocycles. The first-order chi connectivity index (χ1) is 22.8. The number of alkyl halides is 3. The number of rotatable bonds is 14. The first kappa shape index (κ1) is 36.5. The molecule has 48 heavy (non-hydrogen) atoms. The summed E-state index contributed by atoms with van der Waals surface area (Å²) < 4.78 is 70.5. The molecular formula is C36H37ClF3N3O4S. The maximum absolute atomic E-state index is 14.5. The van der Waals surface area contributed by atoms with E-state index in [0.717, 1.165) is 29.7 Å². The zero-order valence-electron chi connectivity index (χ0n) is 26.6. The van der Waals surface area contributed by atoms with Crippen LogP contribution in [-0.2, 0) is 38.8 Å². The van der Waals surface area contributed by atoms with Gasteiger partial charge in [0.2, 0.25) is 11.8 Å². The van der Waals surface area contributed by atoms with Crippen molar-refractivity contribution in [3.05, 3.63) is 130 Å². The highest BCUT2D eigenvalue weighted by atomic mass is 35.5. The van der Waals surface area contributed by atoms with Gasteiger partial charge in [-0.05, 0) is 54.8 Å². The highest BCUT2D eigenvalue weighted by Gasteiger charge is 2.37. The summed E-state index contributed by atoms with van der Waals surface area (Å²) in [6.45, 7) is 3.29. The molecule has 0 bridgehead atoms. The molecule has 1 unspecified atom stereocenters. The summed E-state index contributed by atoms with van der Waals surface area (Å²) in [6.07, 6.45) is -3.25. The average molecular weight is 700 g/mol. The molecule has 12 heteroatoms.